The molecule has 0 saturated carbocycles. The SMILES string of the molecule is Cc1c(S(=O)(=O)NCC2NCCc3ccccc32)cnn1C. The van der Waals surface area contributed by atoms with E-state index < -0.39 is 10.0 Å². The Kier molecular flexibility index (Phi) is 4.03. The van der Waals surface area contributed by atoms with Crippen molar-refractivity contribution in [2.75, 3.05) is 13.1 Å². The van der Waals surface area contributed by atoms with Gasteiger partial charge in [0.15, 0.2) is 0 Å². The zero-order chi connectivity index (χ0) is 15.7. The van der Waals surface area contributed by atoms with E-state index in [2.05, 4.69) is 27.3 Å². The van der Waals surface area contributed by atoms with Gasteiger partial charge < -0.3 is 5.32 Å². The molecule has 118 valence electrons. The predicted octanol–water partition coefficient (Wildman–Crippen LogP) is 0.894. The highest BCUT2D eigenvalue weighted by Crippen LogP contribution is 2.22. The number of hydrogen-bond donors (Lipinski definition) is 2. The summed E-state index contributed by atoms with van der Waals surface area (Å²) in [5.74, 6) is 0. The molecule has 0 spiro atoms. The number of nitrogens with one attached hydrogen (secondary N) is 2. The summed E-state index contributed by atoms with van der Waals surface area (Å²) in [6.45, 7) is 2.93. The third-order valence-corrected chi connectivity index (χ3v) is 5.70. The maximum absolute atomic E-state index is 12.4. The summed E-state index contributed by atoms with van der Waals surface area (Å²) in [7, 11) is -1.82. The Balaban J connectivity index is 1.77. The first-order chi connectivity index (χ1) is 10.5. The number of rotatable bonds is 4. The maximum atomic E-state index is 12.4. The Morgan fingerprint density at radius 2 is 2.18 bits per heavy atom. The van der Waals surface area contributed by atoms with Crippen molar-refractivity contribution in [3.05, 3.63) is 47.3 Å². The fraction of sp³-hybridized carbons (Fsp3) is 0.400. The van der Waals surface area contributed by atoms with Crippen molar-refractivity contribution in [3.8, 4) is 0 Å². The maximum Gasteiger partial charge on any atom is 0.244 e. The molecule has 0 amide bonds. The third kappa shape index (κ3) is 2.79. The first-order valence-electron chi connectivity index (χ1n) is 7.28. The summed E-state index contributed by atoms with van der Waals surface area (Å²) < 4.78 is 29.1. The van der Waals surface area contributed by atoms with E-state index in [0.717, 1.165) is 13.0 Å². The molecular weight excluding hydrogens is 300 g/mol. The van der Waals surface area contributed by atoms with E-state index in [-0.39, 0.29) is 10.9 Å². The van der Waals surface area contributed by atoms with Crippen molar-refractivity contribution in [3.63, 3.8) is 0 Å². The molecule has 1 unspecified atom stereocenters. The van der Waals surface area contributed by atoms with Gasteiger partial charge in [-0.1, -0.05) is 24.3 Å². The molecule has 2 N–H and O–H groups in total. The predicted molar refractivity (Wildman–Crippen MR) is 84.0 cm³/mol. The number of aromatic nitrogens is 2. The molecule has 0 saturated heterocycles. The lowest BCUT2D eigenvalue weighted by atomic mass is 9.95. The van der Waals surface area contributed by atoms with E-state index >= 15 is 0 Å². The molecule has 0 aliphatic carbocycles. The Morgan fingerprint density at radius 1 is 1.41 bits per heavy atom. The van der Waals surface area contributed by atoms with Gasteiger partial charge in [-0.25, -0.2) is 13.1 Å². The lowest BCUT2D eigenvalue weighted by Crippen LogP contribution is -2.38. The van der Waals surface area contributed by atoms with E-state index in [9.17, 15) is 8.42 Å². The van der Waals surface area contributed by atoms with Crippen molar-refractivity contribution in [1.82, 2.24) is 19.8 Å². The molecule has 2 heterocycles. The molecule has 0 radical (unpaired) electrons. The van der Waals surface area contributed by atoms with Gasteiger partial charge in [0.2, 0.25) is 10.0 Å². The molecule has 1 aliphatic heterocycles. The molecule has 0 fully saturated rings. The topological polar surface area (TPSA) is 76.0 Å². The van der Waals surface area contributed by atoms with E-state index in [0.29, 0.717) is 12.2 Å². The Morgan fingerprint density at radius 3 is 2.91 bits per heavy atom. The van der Waals surface area contributed by atoms with Crippen LogP contribution in [-0.2, 0) is 23.5 Å². The lowest BCUT2D eigenvalue weighted by molar-refractivity contribution is 0.491. The van der Waals surface area contributed by atoms with Gasteiger partial charge >= 0.3 is 0 Å². The van der Waals surface area contributed by atoms with E-state index in [1.165, 1.54) is 17.3 Å². The average Bonchev–Trinajstić information content (AvgIpc) is 2.85. The summed E-state index contributed by atoms with van der Waals surface area (Å²) in [5, 5.41) is 7.37. The molecule has 6 nitrogen and oxygen atoms in total. The molecule has 22 heavy (non-hydrogen) atoms. The smallest absolute Gasteiger partial charge is 0.244 e. The Hall–Kier alpha value is -1.70. The van der Waals surface area contributed by atoms with Crippen LogP contribution in [-0.4, -0.2) is 31.3 Å². The number of nitrogens with zero attached hydrogens (tertiary/aromatic N) is 2. The quantitative estimate of drug-likeness (QED) is 0.877. The van der Waals surface area contributed by atoms with E-state index in [1.807, 2.05) is 12.1 Å². The van der Waals surface area contributed by atoms with Crippen LogP contribution in [0.2, 0.25) is 0 Å². The van der Waals surface area contributed by atoms with Gasteiger partial charge in [-0.15, -0.1) is 0 Å². The zero-order valence-corrected chi connectivity index (χ0v) is 13.5. The highest BCUT2D eigenvalue weighted by atomic mass is 32.2. The van der Waals surface area contributed by atoms with Crippen molar-refractivity contribution in [2.24, 2.45) is 7.05 Å². The van der Waals surface area contributed by atoms with Crippen molar-refractivity contribution in [1.29, 1.82) is 0 Å². The molecule has 1 aromatic carbocycles. The number of sulfonamides is 1. The monoisotopic (exact) mass is 320 g/mol. The molecule has 3 rings (SSSR count). The van der Waals surface area contributed by atoms with Crippen LogP contribution in [0, 0.1) is 6.92 Å². The fourth-order valence-electron chi connectivity index (χ4n) is 2.79. The highest BCUT2D eigenvalue weighted by molar-refractivity contribution is 7.89. The van der Waals surface area contributed by atoms with Crippen LogP contribution in [0.3, 0.4) is 0 Å². The van der Waals surface area contributed by atoms with Crippen LogP contribution in [0.4, 0.5) is 0 Å². The normalized spacial score (nSPS) is 18.2. The molecule has 1 atom stereocenters. The van der Waals surface area contributed by atoms with Gasteiger partial charge in [0, 0.05) is 19.6 Å². The molecular formula is C15H20N4O2S. The van der Waals surface area contributed by atoms with Crippen LogP contribution in [0.5, 0.6) is 0 Å². The second-order valence-electron chi connectivity index (χ2n) is 5.53. The van der Waals surface area contributed by atoms with Gasteiger partial charge in [-0.3, -0.25) is 4.68 Å². The molecule has 1 aromatic heterocycles. The van der Waals surface area contributed by atoms with E-state index in [4.69, 9.17) is 0 Å². The Bertz CT molecular complexity index is 783. The summed E-state index contributed by atoms with van der Waals surface area (Å²) in [4.78, 5) is 0.235. The molecule has 1 aliphatic rings. The molecule has 7 heteroatoms. The minimum absolute atomic E-state index is 0.00305. The van der Waals surface area contributed by atoms with Gasteiger partial charge in [0.05, 0.1) is 11.9 Å². The minimum Gasteiger partial charge on any atom is -0.308 e. The molecule has 0 bridgehead atoms. The van der Waals surface area contributed by atoms with Crippen molar-refractivity contribution < 1.29 is 8.42 Å². The fourth-order valence-corrected chi connectivity index (χ4v) is 4.04. The number of fused-ring (bicyclic) bond motifs is 1. The highest BCUT2D eigenvalue weighted by Gasteiger charge is 2.24. The largest absolute Gasteiger partial charge is 0.308 e. The lowest BCUT2D eigenvalue weighted by Gasteiger charge is -2.27. The zero-order valence-electron chi connectivity index (χ0n) is 12.7. The van der Waals surface area contributed by atoms with Crippen LogP contribution in [0.15, 0.2) is 35.4 Å². The minimum atomic E-state index is -3.55. The van der Waals surface area contributed by atoms with Crippen LogP contribution in [0.1, 0.15) is 22.9 Å². The first-order valence-corrected chi connectivity index (χ1v) is 8.77. The van der Waals surface area contributed by atoms with Crippen molar-refractivity contribution >= 4 is 10.0 Å². The number of aryl methyl sites for hydroxylation is 1. The van der Waals surface area contributed by atoms with Gasteiger partial charge in [0.25, 0.3) is 0 Å². The first kappa shape index (κ1) is 15.2. The summed E-state index contributed by atoms with van der Waals surface area (Å²) in [6.07, 6.45) is 2.36. The molecule has 2 aromatic rings. The van der Waals surface area contributed by atoms with Gasteiger partial charge in [-0.05, 0) is 31.0 Å². The summed E-state index contributed by atoms with van der Waals surface area (Å²) in [5.41, 5.74) is 3.08. The number of hydrogen-bond acceptors (Lipinski definition) is 4. The third-order valence-electron chi connectivity index (χ3n) is 4.17. The van der Waals surface area contributed by atoms with Crippen LogP contribution < -0.4 is 10.0 Å². The van der Waals surface area contributed by atoms with Gasteiger partial charge in [0.1, 0.15) is 4.90 Å². The van der Waals surface area contributed by atoms with Crippen LogP contribution in [0.25, 0.3) is 0 Å². The second kappa shape index (κ2) is 5.83. The van der Waals surface area contributed by atoms with Crippen molar-refractivity contribution in [2.45, 2.75) is 24.3 Å². The van der Waals surface area contributed by atoms with E-state index in [1.54, 1.807) is 18.7 Å². The summed E-state index contributed by atoms with van der Waals surface area (Å²) in [6, 6.07) is 8.15. The Labute approximate surface area is 130 Å². The number of benzene rings is 1. The standard InChI is InChI=1S/C15H20N4O2S/c1-11-15(10-17-19(11)2)22(20,21)18-9-14-13-6-4-3-5-12(13)7-8-16-14/h3-6,10,14,16,18H,7-9H2,1-2H3. The van der Waals surface area contributed by atoms with Crippen LogP contribution >= 0.6 is 0 Å². The van der Waals surface area contributed by atoms with Gasteiger partial charge in [-0.2, -0.15) is 5.10 Å². The average molecular weight is 320 g/mol. The summed E-state index contributed by atoms with van der Waals surface area (Å²) >= 11 is 0. The second-order valence-corrected chi connectivity index (χ2v) is 7.26.